The molecule has 2 bridgehead atoms. The van der Waals surface area contributed by atoms with Crippen LogP contribution in [0.3, 0.4) is 0 Å². The quantitative estimate of drug-likeness (QED) is 0.0808. The highest BCUT2D eigenvalue weighted by Gasteiger charge is 2.78. The number of ether oxygens (including phenoxy) is 9. The van der Waals surface area contributed by atoms with Crippen LogP contribution in [0.25, 0.3) is 0 Å². The highest BCUT2D eigenvalue weighted by molar-refractivity contribution is 5.94. The smallest absolute Gasteiger partial charge is 0.408 e. The lowest BCUT2D eigenvalue weighted by Gasteiger charge is -2.67. The zero-order valence-electron chi connectivity index (χ0n) is 45.6. The second-order valence-electron chi connectivity index (χ2n) is 22.4. The first-order valence-electron chi connectivity index (χ1n) is 26.2. The van der Waals surface area contributed by atoms with Crippen molar-refractivity contribution >= 4 is 53.8 Å². The summed E-state index contributed by atoms with van der Waals surface area (Å²) in [6, 6.07) is 13.3. The molecular weight excluding hydrogens is 1040 g/mol. The van der Waals surface area contributed by atoms with Crippen molar-refractivity contribution in [2.75, 3.05) is 19.8 Å². The Morgan fingerprint density at radius 1 is 0.835 bits per heavy atom. The molecule has 2 aromatic carbocycles. The molecule has 2 aromatic rings. The number of aliphatic hydroxyl groups excluding tert-OH is 2. The minimum absolute atomic E-state index is 0.0118. The molecule has 0 aromatic heterocycles. The molecule has 3 unspecified atom stereocenters. The highest BCUT2D eigenvalue weighted by atomic mass is 16.6. The second-order valence-corrected chi connectivity index (χ2v) is 22.4. The van der Waals surface area contributed by atoms with Gasteiger partial charge in [0.05, 0.1) is 48.7 Å². The number of rotatable bonds is 18. The van der Waals surface area contributed by atoms with E-state index in [4.69, 9.17) is 42.6 Å². The zero-order chi connectivity index (χ0) is 58.0. The molecule has 23 nitrogen and oxygen atoms in total. The second kappa shape index (κ2) is 23.4. The number of carbonyl (C=O) groups excluding carboxylic acids is 9. The number of hydrogen-bond donors (Lipinski definition) is 5. The lowest BCUT2D eigenvalue weighted by Crippen LogP contribution is -2.81. The van der Waals surface area contributed by atoms with Gasteiger partial charge in [-0.05, 0) is 89.1 Å². The first-order chi connectivity index (χ1) is 37.1. The normalized spacial score (nSPS) is 28.8. The van der Waals surface area contributed by atoms with Gasteiger partial charge in [-0.15, -0.1) is 0 Å². The van der Waals surface area contributed by atoms with E-state index in [1.165, 1.54) is 46.8 Å². The summed E-state index contributed by atoms with van der Waals surface area (Å²) in [6.07, 6.45) is -13.5. The van der Waals surface area contributed by atoms with Crippen LogP contribution in [0.2, 0.25) is 0 Å². The third-order valence-corrected chi connectivity index (χ3v) is 15.6. The van der Waals surface area contributed by atoms with E-state index < -0.39 is 161 Å². The highest BCUT2D eigenvalue weighted by Crippen LogP contribution is 2.64. The summed E-state index contributed by atoms with van der Waals surface area (Å²) in [5.74, 6) is -9.89. The SMILES string of the molecule is CCOC(=O)C(CC(=O)OCC(=O)OC(C(=O)O[C@H]1C[C@@]2(O)[C@@H](OC(=O)c3ccccc3)[C@@H]3[C@]4(OC(C)=O)CO[C@@H]4C[C@H](O)[C@@]3(C)C(=O)[C@H](O)C(=C1C)C2(C)C)C(NC(=O)OC(C)(C)C)C1CC1)NC(=O)OCc1ccccc1. The number of hydrogen-bond acceptors (Lipinski definition) is 21. The van der Waals surface area contributed by atoms with E-state index in [2.05, 4.69) is 10.6 Å². The average molecular weight is 1110 g/mol. The first kappa shape index (κ1) is 59.7. The fourth-order valence-electron chi connectivity index (χ4n) is 11.5. The number of amides is 2. The van der Waals surface area contributed by atoms with Gasteiger partial charge in [0.25, 0.3) is 0 Å². The van der Waals surface area contributed by atoms with Crippen molar-refractivity contribution in [2.24, 2.45) is 22.7 Å². The summed E-state index contributed by atoms with van der Waals surface area (Å²) in [7, 11) is 0. The molecule has 23 heteroatoms. The molecule has 1 aliphatic heterocycles. The number of carbonyl (C=O) groups is 9. The molecule has 79 heavy (non-hydrogen) atoms. The number of esters is 6. The van der Waals surface area contributed by atoms with Crippen molar-refractivity contribution in [1.29, 1.82) is 0 Å². The van der Waals surface area contributed by atoms with Gasteiger partial charge >= 0.3 is 48.0 Å². The van der Waals surface area contributed by atoms with E-state index in [1.807, 2.05) is 0 Å². The molecule has 2 amide bonds. The molecule has 0 spiro atoms. The Balaban J connectivity index is 1.21. The third kappa shape index (κ3) is 12.4. The Kier molecular flexibility index (Phi) is 17.7. The summed E-state index contributed by atoms with van der Waals surface area (Å²) in [5.41, 5.74) is -8.75. The van der Waals surface area contributed by atoms with E-state index in [9.17, 15) is 53.7 Å². The van der Waals surface area contributed by atoms with Crippen molar-refractivity contribution in [3.8, 4) is 0 Å². The van der Waals surface area contributed by atoms with Crippen LogP contribution in [0.1, 0.15) is 110 Å². The Morgan fingerprint density at radius 3 is 2.06 bits per heavy atom. The van der Waals surface area contributed by atoms with E-state index in [1.54, 1.807) is 69.3 Å². The summed E-state index contributed by atoms with van der Waals surface area (Å²) in [5, 5.41) is 43.1. The van der Waals surface area contributed by atoms with E-state index in [0.717, 1.165) is 6.92 Å². The van der Waals surface area contributed by atoms with Gasteiger partial charge in [0.2, 0.25) is 6.10 Å². The van der Waals surface area contributed by atoms with Gasteiger partial charge in [-0.3, -0.25) is 14.4 Å². The number of fused-ring (bicyclic) bond motifs is 5. The number of Topliss-reactive ketones (excluding diaryl/α,β-unsaturated/α-hetero) is 1. The molecule has 1 heterocycles. The molecular formula is C56H70N2O21. The fraction of sp³-hybridized carbons (Fsp3) is 0.589. The predicted octanol–water partition coefficient (Wildman–Crippen LogP) is 3.64. The maximum absolute atomic E-state index is 15.2. The Bertz CT molecular complexity index is 2700. The molecule has 430 valence electrons. The van der Waals surface area contributed by atoms with Crippen LogP contribution < -0.4 is 10.6 Å². The maximum atomic E-state index is 15.2. The van der Waals surface area contributed by atoms with Crippen molar-refractivity contribution in [1.82, 2.24) is 10.6 Å². The number of alkyl carbamates (subject to hydrolysis) is 2. The van der Waals surface area contributed by atoms with E-state index in [-0.39, 0.29) is 43.0 Å². The van der Waals surface area contributed by atoms with Crippen LogP contribution in [-0.4, -0.2) is 154 Å². The van der Waals surface area contributed by atoms with Crippen LogP contribution in [0, 0.1) is 22.7 Å². The van der Waals surface area contributed by atoms with Crippen LogP contribution in [0.15, 0.2) is 71.8 Å². The lowest BCUT2D eigenvalue weighted by atomic mass is 9.44. The van der Waals surface area contributed by atoms with Crippen molar-refractivity contribution in [3.05, 3.63) is 82.9 Å². The molecule has 5 aliphatic rings. The maximum Gasteiger partial charge on any atom is 0.408 e. The van der Waals surface area contributed by atoms with Crippen LogP contribution in [0.5, 0.6) is 0 Å². The number of benzene rings is 2. The zero-order valence-corrected chi connectivity index (χ0v) is 45.6. The van der Waals surface area contributed by atoms with Crippen molar-refractivity contribution in [2.45, 2.75) is 167 Å². The number of aliphatic hydroxyl groups is 3. The van der Waals surface area contributed by atoms with Gasteiger partial charge in [-0.1, -0.05) is 62.4 Å². The van der Waals surface area contributed by atoms with E-state index in [0.29, 0.717) is 18.4 Å². The molecule has 1 saturated heterocycles. The summed E-state index contributed by atoms with van der Waals surface area (Å²) in [6.45, 7) is 11.3. The van der Waals surface area contributed by atoms with Crippen molar-refractivity contribution in [3.63, 3.8) is 0 Å². The minimum Gasteiger partial charge on any atom is -0.464 e. The average Bonchev–Trinajstić information content (AvgIpc) is 3.20. The first-order valence-corrected chi connectivity index (χ1v) is 26.2. The summed E-state index contributed by atoms with van der Waals surface area (Å²) >= 11 is 0. The molecule has 5 N–H and O–H groups in total. The van der Waals surface area contributed by atoms with Gasteiger partial charge in [0.1, 0.15) is 48.3 Å². The predicted molar refractivity (Wildman–Crippen MR) is 271 cm³/mol. The molecule has 12 atom stereocenters. The minimum atomic E-state index is -2.50. The van der Waals surface area contributed by atoms with Crippen molar-refractivity contribution < 1.29 is 101 Å². The summed E-state index contributed by atoms with van der Waals surface area (Å²) in [4.78, 5) is 124. The van der Waals surface area contributed by atoms with Gasteiger partial charge in [0.15, 0.2) is 18.0 Å². The molecule has 7 rings (SSSR count). The van der Waals surface area contributed by atoms with Gasteiger partial charge in [-0.2, -0.15) is 0 Å². The van der Waals surface area contributed by atoms with Gasteiger partial charge in [-0.25, -0.2) is 28.8 Å². The Labute approximate surface area is 456 Å². The molecule has 0 radical (unpaired) electrons. The van der Waals surface area contributed by atoms with Gasteiger partial charge < -0.3 is 68.6 Å². The molecule has 3 saturated carbocycles. The Morgan fingerprint density at radius 2 is 1.48 bits per heavy atom. The standard InChI is InChI=1S/C56H70N2O21/c1-10-71-48(66)34(57-50(68)73-26-31-17-13-11-14-18-31)23-38(61)72-27-39(62)76-43(41(32-21-22-32)58-51(69)79-52(4,5)6)49(67)75-35-25-56(70)46(77-47(65)33-19-15-12-16-20-33)44-54(9,45(64)42(63)40(29(35)2)53(56,7)8)36(60)24-37-55(44,28-74-37)78-30(3)59/h11-20,32,34-37,41-44,46,60,63,70H,10,21-28H2,1-9H3,(H,57,68)(H,58,69)/t34?,35-,36-,37+,41?,42+,43?,44-,46-,54+,55-,56+/m0/s1. The fourth-order valence-corrected chi connectivity index (χ4v) is 11.5. The number of ketones is 1. The van der Waals surface area contributed by atoms with Crippen LogP contribution >= 0.6 is 0 Å². The summed E-state index contributed by atoms with van der Waals surface area (Å²) < 4.78 is 51.1. The number of nitrogens with one attached hydrogen (secondary N) is 2. The topological polar surface area (TPSA) is 321 Å². The Hall–Kier alpha value is -6.95. The lowest BCUT2D eigenvalue weighted by molar-refractivity contribution is -0.346. The van der Waals surface area contributed by atoms with Gasteiger partial charge in [0, 0.05) is 25.2 Å². The largest absolute Gasteiger partial charge is 0.464 e. The van der Waals surface area contributed by atoms with Crippen LogP contribution in [-0.2, 0) is 78.0 Å². The monoisotopic (exact) mass is 1110 g/mol. The molecule has 4 aliphatic carbocycles. The van der Waals surface area contributed by atoms with E-state index >= 15 is 4.79 Å². The third-order valence-electron chi connectivity index (χ3n) is 15.6. The molecule has 4 fully saturated rings. The van der Waals surface area contributed by atoms with Crippen LogP contribution in [0.4, 0.5) is 9.59 Å².